The maximum absolute atomic E-state index is 9.77. The Morgan fingerprint density at radius 1 is 1.44 bits per heavy atom. The Kier molecular flexibility index (Phi) is 3.58. The van der Waals surface area contributed by atoms with Gasteiger partial charge in [-0.25, -0.2) is 9.97 Å². The van der Waals surface area contributed by atoms with Gasteiger partial charge in [-0.1, -0.05) is 11.6 Å². The number of aliphatic hydroxyl groups excluding tert-OH is 2. The lowest BCUT2D eigenvalue weighted by molar-refractivity contribution is 0.0544. The molecule has 0 bridgehead atoms. The highest BCUT2D eigenvalue weighted by molar-refractivity contribution is 6.30. The van der Waals surface area contributed by atoms with Gasteiger partial charge in [-0.15, -0.1) is 0 Å². The van der Waals surface area contributed by atoms with Gasteiger partial charge in [-0.3, -0.25) is 0 Å². The molecule has 2 rings (SSSR count). The molecule has 1 aliphatic heterocycles. The second-order valence-corrected chi connectivity index (χ2v) is 4.38. The molecular weight excluding hydrogens is 230 g/mol. The van der Waals surface area contributed by atoms with Crippen LogP contribution in [0.1, 0.15) is 6.42 Å². The van der Waals surface area contributed by atoms with Gasteiger partial charge in [0.15, 0.2) is 0 Å². The van der Waals surface area contributed by atoms with E-state index in [1.54, 1.807) is 0 Å². The van der Waals surface area contributed by atoms with Crippen LogP contribution >= 0.6 is 11.6 Å². The molecule has 0 aromatic carbocycles. The number of nitrogens with zero attached hydrogens (tertiary/aromatic N) is 3. The molecule has 1 aliphatic rings. The van der Waals surface area contributed by atoms with Crippen LogP contribution in [0, 0.1) is 5.92 Å². The number of aromatic nitrogens is 2. The number of aliphatic hydroxyl groups is 2. The third-order valence-corrected chi connectivity index (χ3v) is 3.04. The quantitative estimate of drug-likeness (QED) is 0.783. The van der Waals surface area contributed by atoms with E-state index in [9.17, 15) is 5.11 Å². The molecule has 1 aromatic heterocycles. The first-order valence-corrected chi connectivity index (χ1v) is 5.60. The van der Waals surface area contributed by atoms with Crippen LogP contribution in [0.25, 0.3) is 0 Å². The molecule has 0 radical (unpaired) electrons. The molecule has 6 heteroatoms. The molecule has 2 N–H and O–H groups in total. The molecule has 1 fully saturated rings. The lowest BCUT2D eigenvalue weighted by Crippen LogP contribution is -2.45. The van der Waals surface area contributed by atoms with Gasteiger partial charge in [0.2, 0.25) is 5.95 Å². The van der Waals surface area contributed by atoms with Crippen molar-refractivity contribution in [3.63, 3.8) is 0 Å². The normalized spacial score (nSPS) is 25.8. The predicted molar refractivity (Wildman–Crippen MR) is 60.5 cm³/mol. The van der Waals surface area contributed by atoms with Crippen molar-refractivity contribution >= 4 is 17.5 Å². The smallest absolute Gasteiger partial charge is 0.225 e. The van der Waals surface area contributed by atoms with Crippen LogP contribution in [0.2, 0.25) is 5.02 Å². The van der Waals surface area contributed by atoms with E-state index in [1.165, 1.54) is 12.4 Å². The highest BCUT2D eigenvalue weighted by Crippen LogP contribution is 2.20. The summed E-state index contributed by atoms with van der Waals surface area (Å²) in [6.45, 7) is 1.22. The molecule has 2 atom stereocenters. The zero-order valence-electron chi connectivity index (χ0n) is 8.75. The van der Waals surface area contributed by atoms with Gasteiger partial charge in [0.1, 0.15) is 0 Å². The van der Waals surface area contributed by atoms with E-state index < -0.39 is 6.10 Å². The van der Waals surface area contributed by atoms with Crippen molar-refractivity contribution in [2.45, 2.75) is 12.5 Å². The van der Waals surface area contributed by atoms with Gasteiger partial charge in [-0.05, 0) is 6.42 Å². The molecule has 5 nitrogen and oxygen atoms in total. The number of hydrogen-bond donors (Lipinski definition) is 2. The minimum Gasteiger partial charge on any atom is -0.396 e. The molecule has 2 heterocycles. The zero-order chi connectivity index (χ0) is 11.5. The van der Waals surface area contributed by atoms with Crippen LogP contribution in [-0.4, -0.2) is 46.0 Å². The summed E-state index contributed by atoms with van der Waals surface area (Å²) in [6, 6.07) is 0. The number of β-amino-alcohol motifs (C(OH)–C–C–N with tert-alkyl or cyclic N) is 1. The minimum absolute atomic E-state index is 0.0243. The summed E-state index contributed by atoms with van der Waals surface area (Å²) >= 11 is 5.70. The van der Waals surface area contributed by atoms with E-state index in [0.29, 0.717) is 17.5 Å². The topological polar surface area (TPSA) is 69.5 Å². The molecule has 0 amide bonds. The third-order valence-electron chi connectivity index (χ3n) is 2.85. The standard InChI is InChI=1S/C10H14ClN3O2/c11-8-3-12-10(13-4-8)14-2-1-7(6-15)9(16)5-14/h3-4,7,9,15-16H,1-2,5-6H2/t7-,9-/m1/s1. The Morgan fingerprint density at radius 2 is 2.12 bits per heavy atom. The molecular formula is C10H14ClN3O2. The van der Waals surface area contributed by atoms with E-state index in [1.807, 2.05) is 4.90 Å². The maximum atomic E-state index is 9.77. The van der Waals surface area contributed by atoms with Gasteiger partial charge < -0.3 is 15.1 Å². The third kappa shape index (κ3) is 2.42. The molecule has 88 valence electrons. The summed E-state index contributed by atoms with van der Waals surface area (Å²) in [5, 5.41) is 19.3. The molecule has 0 aliphatic carbocycles. The van der Waals surface area contributed by atoms with Crippen molar-refractivity contribution in [2.24, 2.45) is 5.92 Å². The van der Waals surface area contributed by atoms with Crippen molar-refractivity contribution in [1.82, 2.24) is 9.97 Å². The molecule has 0 spiro atoms. The van der Waals surface area contributed by atoms with Crippen molar-refractivity contribution in [3.05, 3.63) is 17.4 Å². The second kappa shape index (κ2) is 4.95. The Balaban J connectivity index is 2.04. The number of piperidine rings is 1. The summed E-state index contributed by atoms with van der Waals surface area (Å²) in [5.74, 6) is 0.531. The lowest BCUT2D eigenvalue weighted by Gasteiger charge is -2.34. The highest BCUT2D eigenvalue weighted by atomic mass is 35.5. The summed E-state index contributed by atoms with van der Waals surface area (Å²) in [4.78, 5) is 10.1. The number of rotatable bonds is 2. The van der Waals surface area contributed by atoms with E-state index in [0.717, 1.165) is 13.0 Å². The molecule has 0 saturated carbocycles. The van der Waals surface area contributed by atoms with Crippen molar-refractivity contribution in [1.29, 1.82) is 0 Å². The van der Waals surface area contributed by atoms with Crippen molar-refractivity contribution < 1.29 is 10.2 Å². The largest absolute Gasteiger partial charge is 0.396 e. The highest BCUT2D eigenvalue weighted by Gasteiger charge is 2.28. The maximum Gasteiger partial charge on any atom is 0.225 e. The van der Waals surface area contributed by atoms with Gasteiger partial charge in [0, 0.05) is 25.6 Å². The summed E-state index contributed by atoms with van der Waals surface area (Å²) in [7, 11) is 0. The van der Waals surface area contributed by atoms with Gasteiger partial charge >= 0.3 is 0 Å². The zero-order valence-corrected chi connectivity index (χ0v) is 9.51. The lowest BCUT2D eigenvalue weighted by atomic mass is 9.95. The average Bonchev–Trinajstić information content (AvgIpc) is 2.30. The van der Waals surface area contributed by atoms with Gasteiger partial charge in [0.05, 0.1) is 23.5 Å². The van der Waals surface area contributed by atoms with Crippen LogP contribution in [0.3, 0.4) is 0 Å². The molecule has 16 heavy (non-hydrogen) atoms. The molecule has 1 saturated heterocycles. The molecule has 1 aromatic rings. The fourth-order valence-electron chi connectivity index (χ4n) is 1.84. The Hall–Kier alpha value is -0.910. The summed E-state index contributed by atoms with van der Waals surface area (Å²) in [5.41, 5.74) is 0. The molecule has 0 unspecified atom stereocenters. The number of anilines is 1. The van der Waals surface area contributed by atoms with E-state index >= 15 is 0 Å². The Bertz CT molecular complexity index is 346. The van der Waals surface area contributed by atoms with Crippen molar-refractivity contribution in [2.75, 3.05) is 24.6 Å². The van der Waals surface area contributed by atoms with Crippen LogP contribution in [0.5, 0.6) is 0 Å². The van der Waals surface area contributed by atoms with E-state index in [-0.39, 0.29) is 12.5 Å². The van der Waals surface area contributed by atoms with Crippen LogP contribution in [0.15, 0.2) is 12.4 Å². The van der Waals surface area contributed by atoms with Crippen molar-refractivity contribution in [3.8, 4) is 0 Å². The monoisotopic (exact) mass is 243 g/mol. The van der Waals surface area contributed by atoms with Gasteiger partial charge in [-0.2, -0.15) is 0 Å². The first-order valence-electron chi connectivity index (χ1n) is 5.22. The fraction of sp³-hybridized carbons (Fsp3) is 0.600. The number of halogens is 1. The van der Waals surface area contributed by atoms with E-state index in [2.05, 4.69) is 9.97 Å². The number of hydrogen-bond acceptors (Lipinski definition) is 5. The predicted octanol–water partition coefficient (Wildman–Crippen LogP) is 0.309. The first kappa shape index (κ1) is 11.6. The Labute approximate surface area is 98.7 Å². The van der Waals surface area contributed by atoms with Gasteiger partial charge in [0.25, 0.3) is 0 Å². The second-order valence-electron chi connectivity index (χ2n) is 3.95. The summed E-state index contributed by atoms with van der Waals surface area (Å²) in [6.07, 6.45) is 3.28. The average molecular weight is 244 g/mol. The minimum atomic E-state index is -0.530. The van der Waals surface area contributed by atoms with Crippen LogP contribution < -0.4 is 4.90 Å². The van der Waals surface area contributed by atoms with Crippen LogP contribution in [-0.2, 0) is 0 Å². The first-order chi connectivity index (χ1) is 7.70. The summed E-state index contributed by atoms with van der Waals surface area (Å²) < 4.78 is 0. The van der Waals surface area contributed by atoms with E-state index in [4.69, 9.17) is 16.7 Å². The van der Waals surface area contributed by atoms with Crippen LogP contribution in [0.4, 0.5) is 5.95 Å². The Morgan fingerprint density at radius 3 is 2.69 bits per heavy atom. The SMILES string of the molecule is OC[C@H]1CCN(c2ncc(Cl)cn2)C[C@H]1O. The fourth-order valence-corrected chi connectivity index (χ4v) is 1.94.